The van der Waals surface area contributed by atoms with Gasteiger partial charge in [0, 0.05) is 0 Å². The lowest BCUT2D eigenvalue weighted by Crippen LogP contribution is -1.98. The molecule has 12 heavy (non-hydrogen) atoms. The summed E-state index contributed by atoms with van der Waals surface area (Å²) in [4.78, 5) is 10.0. The molecular weight excluding hydrogens is 246 g/mol. The lowest BCUT2D eigenvalue weighted by atomic mass is 10.2. The first-order valence-corrected chi connectivity index (χ1v) is 4.49. The van der Waals surface area contributed by atoms with E-state index in [4.69, 9.17) is 11.6 Å². The second-order valence-electron chi connectivity index (χ2n) is 2.22. The summed E-state index contributed by atoms with van der Waals surface area (Å²) in [6.45, 7) is 0. The summed E-state index contributed by atoms with van der Waals surface area (Å²) >= 11 is 8.24. The largest absolute Gasteiger partial charge is 0.280 e. The molecule has 0 aliphatic heterocycles. The van der Waals surface area contributed by atoms with Gasteiger partial charge in [-0.3, -0.25) is 4.79 Å². The molecule has 0 N–H and O–H groups in total. The van der Waals surface area contributed by atoms with Crippen molar-refractivity contribution in [3.63, 3.8) is 0 Å². The van der Waals surface area contributed by atoms with Crippen molar-refractivity contribution in [2.75, 3.05) is 0 Å². The van der Waals surface area contributed by atoms with E-state index < -0.39 is 10.1 Å². The number of hydrogen-bond donors (Lipinski definition) is 0. The van der Waals surface area contributed by atoms with Gasteiger partial charge in [0.2, 0.25) is 5.24 Å². The molecule has 0 bridgehead atoms. The molecule has 0 heterocycles. The highest BCUT2D eigenvalue weighted by molar-refractivity contribution is 9.09. The van der Waals surface area contributed by atoms with E-state index in [1.54, 1.807) is 6.07 Å². The van der Waals surface area contributed by atoms with Crippen LogP contribution in [0.5, 0.6) is 0 Å². The Morgan fingerprint density at radius 3 is 2.75 bits per heavy atom. The number of benzene rings is 1. The van der Waals surface area contributed by atoms with Crippen LogP contribution in [-0.2, 0) is 4.79 Å². The zero-order valence-corrected chi connectivity index (χ0v) is 8.27. The van der Waals surface area contributed by atoms with Gasteiger partial charge in [0.15, 0.2) is 0 Å². The Bertz CT molecular complexity index is 303. The zero-order valence-electron chi connectivity index (χ0n) is 5.93. The van der Waals surface area contributed by atoms with Crippen molar-refractivity contribution in [1.29, 1.82) is 0 Å². The molecule has 1 unspecified atom stereocenters. The summed E-state index contributed by atoms with van der Waals surface area (Å²) in [6.07, 6.45) is 0. The number of rotatable bonds is 2. The summed E-state index contributed by atoms with van der Waals surface area (Å²) < 4.78 is 12.6. The van der Waals surface area contributed by atoms with Crippen molar-refractivity contribution < 1.29 is 9.18 Å². The van der Waals surface area contributed by atoms with Gasteiger partial charge >= 0.3 is 0 Å². The van der Waals surface area contributed by atoms with Crippen LogP contribution < -0.4 is 0 Å². The topological polar surface area (TPSA) is 17.1 Å². The third-order valence-electron chi connectivity index (χ3n) is 1.34. The van der Waals surface area contributed by atoms with Crippen LogP contribution in [0.25, 0.3) is 0 Å². The third-order valence-corrected chi connectivity index (χ3v) is 2.77. The van der Waals surface area contributed by atoms with Gasteiger partial charge in [-0.2, -0.15) is 0 Å². The van der Waals surface area contributed by atoms with Gasteiger partial charge in [0.1, 0.15) is 10.6 Å². The molecule has 0 saturated carbocycles. The molecule has 0 amide bonds. The van der Waals surface area contributed by atoms with Gasteiger partial charge in [-0.15, -0.1) is 0 Å². The molecule has 0 spiro atoms. The minimum Gasteiger partial charge on any atom is -0.280 e. The fourth-order valence-electron chi connectivity index (χ4n) is 0.795. The molecular formula is C8H5BrClFO. The summed E-state index contributed by atoms with van der Waals surface area (Å²) in [7, 11) is 0. The highest BCUT2D eigenvalue weighted by Crippen LogP contribution is 2.25. The second-order valence-corrected chi connectivity index (χ2v) is 3.51. The van der Waals surface area contributed by atoms with Crippen LogP contribution in [-0.4, -0.2) is 5.24 Å². The number of halogens is 3. The number of carbonyl (C=O) groups is 1. The maximum atomic E-state index is 12.6. The molecule has 1 aromatic carbocycles. The molecule has 0 saturated heterocycles. The first-order valence-electron chi connectivity index (χ1n) is 3.20. The summed E-state index contributed by atoms with van der Waals surface area (Å²) in [6, 6.07) is 5.73. The van der Waals surface area contributed by atoms with Gasteiger partial charge in [0.25, 0.3) is 0 Å². The van der Waals surface area contributed by atoms with E-state index in [-0.39, 0.29) is 5.82 Å². The SMILES string of the molecule is O=C(Cl)C(Br)c1cccc(F)c1. The van der Waals surface area contributed by atoms with E-state index in [0.717, 1.165) is 0 Å². The van der Waals surface area contributed by atoms with Crippen LogP contribution >= 0.6 is 27.5 Å². The zero-order chi connectivity index (χ0) is 9.14. The molecule has 0 aliphatic carbocycles. The van der Waals surface area contributed by atoms with Crippen LogP contribution in [0.3, 0.4) is 0 Å². The third kappa shape index (κ3) is 2.29. The molecule has 0 aromatic heterocycles. The van der Waals surface area contributed by atoms with E-state index >= 15 is 0 Å². The highest BCUT2D eigenvalue weighted by Gasteiger charge is 2.14. The van der Waals surface area contributed by atoms with E-state index in [2.05, 4.69) is 15.9 Å². The van der Waals surface area contributed by atoms with Crippen molar-refractivity contribution in [3.8, 4) is 0 Å². The fourth-order valence-corrected chi connectivity index (χ4v) is 1.21. The summed E-state index contributed by atoms with van der Waals surface area (Å²) in [5, 5.41) is -0.555. The van der Waals surface area contributed by atoms with Crippen LogP contribution in [0.2, 0.25) is 0 Å². The van der Waals surface area contributed by atoms with E-state index in [9.17, 15) is 9.18 Å². The molecule has 0 radical (unpaired) electrons. The van der Waals surface area contributed by atoms with Gasteiger partial charge in [0.05, 0.1) is 0 Å². The van der Waals surface area contributed by atoms with Crippen LogP contribution in [0.1, 0.15) is 10.4 Å². The van der Waals surface area contributed by atoms with Crippen molar-refractivity contribution in [3.05, 3.63) is 35.6 Å². The molecule has 1 nitrogen and oxygen atoms in total. The maximum Gasteiger partial charge on any atom is 0.239 e. The van der Waals surface area contributed by atoms with E-state index in [0.29, 0.717) is 5.56 Å². The van der Waals surface area contributed by atoms with Gasteiger partial charge in [-0.25, -0.2) is 4.39 Å². The predicted octanol–water partition coefficient (Wildman–Crippen LogP) is 3.03. The average Bonchev–Trinajstić information content (AvgIpc) is 2.03. The lowest BCUT2D eigenvalue weighted by Gasteiger charge is -2.03. The molecule has 1 atom stereocenters. The number of hydrogen-bond acceptors (Lipinski definition) is 1. The van der Waals surface area contributed by atoms with Crippen molar-refractivity contribution in [1.82, 2.24) is 0 Å². The van der Waals surface area contributed by atoms with Crippen LogP contribution in [0.15, 0.2) is 24.3 Å². The minimum absolute atomic E-state index is 0.380. The van der Waals surface area contributed by atoms with E-state index in [1.165, 1.54) is 18.2 Å². The Morgan fingerprint density at radius 2 is 2.25 bits per heavy atom. The summed E-state index contributed by atoms with van der Waals surface area (Å²) in [5.74, 6) is -0.380. The standard InChI is InChI=1S/C8H5BrClFO/c9-7(8(10)12)5-2-1-3-6(11)4-5/h1-4,7H. The predicted molar refractivity (Wildman–Crippen MR) is 48.9 cm³/mol. The first-order chi connectivity index (χ1) is 5.61. The average molecular weight is 251 g/mol. The second kappa shape index (κ2) is 4.01. The Labute approximate surface area is 82.7 Å². The smallest absolute Gasteiger partial charge is 0.239 e. The van der Waals surface area contributed by atoms with Crippen molar-refractivity contribution in [2.45, 2.75) is 4.83 Å². The Balaban J connectivity index is 2.95. The van der Waals surface area contributed by atoms with Gasteiger partial charge in [-0.05, 0) is 29.3 Å². The molecule has 4 heteroatoms. The lowest BCUT2D eigenvalue weighted by molar-refractivity contribution is -0.111. The Kier molecular flexibility index (Phi) is 3.23. The van der Waals surface area contributed by atoms with Crippen molar-refractivity contribution in [2.24, 2.45) is 0 Å². The molecule has 0 aliphatic rings. The molecule has 64 valence electrons. The number of carbonyl (C=O) groups excluding carboxylic acids is 1. The first kappa shape index (κ1) is 9.68. The highest BCUT2D eigenvalue weighted by atomic mass is 79.9. The van der Waals surface area contributed by atoms with Gasteiger partial charge < -0.3 is 0 Å². The normalized spacial score (nSPS) is 12.6. The Morgan fingerprint density at radius 1 is 1.58 bits per heavy atom. The van der Waals surface area contributed by atoms with Gasteiger partial charge in [-0.1, -0.05) is 28.1 Å². The monoisotopic (exact) mass is 250 g/mol. The molecule has 1 aromatic rings. The quantitative estimate of drug-likeness (QED) is 0.583. The van der Waals surface area contributed by atoms with Crippen LogP contribution in [0, 0.1) is 5.82 Å². The minimum atomic E-state index is -0.630. The van der Waals surface area contributed by atoms with E-state index in [1.807, 2.05) is 0 Å². The maximum absolute atomic E-state index is 12.6. The van der Waals surface area contributed by atoms with Crippen molar-refractivity contribution >= 4 is 32.8 Å². The molecule has 1 rings (SSSR count). The molecule has 0 fully saturated rings. The Hall–Kier alpha value is -0.410. The fraction of sp³-hybridized carbons (Fsp3) is 0.125. The number of alkyl halides is 1. The van der Waals surface area contributed by atoms with Crippen LogP contribution in [0.4, 0.5) is 4.39 Å². The summed E-state index contributed by atoms with van der Waals surface area (Å²) in [5.41, 5.74) is 0.523.